The highest BCUT2D eigenvalue weighted by molar-refractivity contribution is 6.67. The fourth-order valence-corrected chi connectivity index (χ4v) is 3.03. The van der Waals surface area contributed by atoms with Crippen LogP contribution in [0.2, 0.25) is 0 Å². The van der Waals surface area contributed by atoms with Gasteiger partial charge in [0.2, 0.25) is 5.24 Å². The largest absolute Gasteiger partial charge is 0.491 e. The number of rotatable bonds is 11. The lowest BCUT2D eigenvalue weighted by molar-refractivity contribution is -0.139. The van der Waals surface area contributed by atoms with Crippen LogP contribution in [0.25, 0.3) is 0 Å². The molecule has 2 heterocycles. The average molecular weight is 663 g/mol. The molecule has 0 unspecified atom stereocenters. The van der Waals surface area contributed by atoms with E-state index >= 15 is 0 Å². The molecule has 0 aliphatic carbocycles. The molecule has 0 saturated carbocycles. The van der Waals surface area contributed by atoms with Gasteiger partial charge in [0.15, 0.2) is 0 Å². The topological polar surface area (TPSA) is 144 Å². The first kappa shape index (κ1) is 39.5. The number of benzene rings is 2. The second-order valence-electron chi connectivity index (χ2n) is 10.4. The van der Waals surface area contributed by atoms with Crippen LogP contribution in [0, 0.1) is 0 Å². The molecule has 2 aromatic rings. The molecule has 2 aliphatic rings. The van der Waals surface area contributed by atoms with E-state index < -0.39 is 22.8 Å². The van der Waals surface area contributed by atoms with E-state index in [1.807, 2.05) is 24.3 Å². The minimum atomic E-state index is -0.738. The first-order valence-corrected chi connectivity index (χ1v) is 14.2. The Kier molecular flexibility index (Phi) is 15.8. The molecule has 46 heavy (non-hydrogen) atoms. The number of hydrogen-bond acceptors (Lipinski definition) is 12. The highest BCUT2D eigenvalue weighted by Crippen LogP contribution is 2.24. The minimum absolute atomic E-state index is 0. The van der Waals surface area contributed by atoms with E-state index in [1.165, 1.54) is 0 Å². The summed E-state index contributed by atoms with van der Waals surface area (Å²) in [4.78, 5) is 31.2. The van der Waals surface area contributed by atoms with Crippen molar-refractivity contribution in [2.24, 2.45) is 10.3 Å². The number of carbonyl (C=O) groups is 2. The van der Waals surface area contributed by atoms with E-state index in [0.717, 1.165) is 11.1 Å². The Balaban J connectivity index is 0.000000392. The minimum Gasteiger partial charge on any atom is -0.491 e. The summed E-state index contributed by atoms with van der Waals surface area (Å²) < 4.78 is 26.7. The highest BCUT2D eigenvalue weighted by atomic mass is 35.5. The quantitative estimate of drug-likeness (QED) is 0.130. The highest BCUT2D eigenvalue weighted by Gasteiger charge is 2.31. The molecule has 252 valence electrons. The zero-order chi connectivity index (χ0) is 33.6. The van der Waals surface area contributed by atoms with E-state index in [9.17, 15) is 9.59 Å². The Morgan fingerprint density at radius 2 is 1.15 bits per heavy atom. The first-order chi connectivity index (χ1) is 21.1. The molecule has 0 atom stereocenters. The molecule has 13 heteroatoms. The summed E-state index contributed by atoms with van der Waals surface area (Å²) in [6.07, 6.45) is 0. The summed E-state index contributed by atoms with van der Waals surface area (Å²) >= 11 is 4.87. The van der Waals surface area contributed by atoms with Gasteiger partial charge in [-0.25, -0.2) is 4.79 Å². The molecule has 0 spiro atoms. The van der Waals surface area contributed by atoms with Crippen LogP contribution in [0.15, 0.2) is 83.1 Å². The fraction of sp³-hybridized carbons (Fsp3) is 0.394. The van der Waals surface area contributed by atoms with Crippen molar-refractivity contribution in [2.45, 2.75) is 60.5 Å². The van der Waals surface area contributed by atoms with Crippen LogP contribution in [-0.4, -0.2) is 66.1 Å². The Morgan fingerprint density at radius 1 is 0.761 bits per heavy atom. The number of carbonyl (C=O) groups excluding carboxylic acids is 2. The summed E-state index contributed by atoms with van der Waals surface area (Å²) in [5, 5.41) is 15.9. The normalized spacial score (nSPS) is 14.6. The molecular weight excluding hydrogens is 620 g/mol. The lowest BCUT2D eigenvalue weighted by atomic mass is 10.2. The number of aliphatic hydroxyl groups excluding tert-OH is 1. The van der Waals surface area contributed by atoms with Crippen LogP contribution in [-0.2, 0) is 33.5 Å². The first-order valence-electron chi connectivity index (χ1n) is 13.8. The van der Waals surface area contributed by atoms with Crippen molar-refractivity contribution < 1.29 is 48.1 Å². The number of oxime groups is 2. The second kappa shape index (κ2) is 18.4. The van der Waals surface area contributed by atoms with Crippen molar-refractivity contribution in [1.82, 2.24) is 0 Å². The third-order valence-electron chi connectivity index (χ3n) is 5.21. The van der Waals surface area contributed by atoms with Gasteiger partial charge in [-0.3, -0.25) is 4.79 Å². The summed E-state index contributed by atoms with van der Waals surface area (Å²) in [6, 6.07) is 14.5. The van der Waals surface area contributed by atoms with Gasteiger partial charge in [-0.2, -0.15) is 0 Å². The van der Waals surface area contributed by atoms with Gasteiger partial charge in [-0.05, 0) is 84.3 Å². The van der Waals surface area contributed by atoms with Crippen LogP contribution in [0.4, 0.5) is 0 Å². The molecule has 2 aromatic carbocycles. The predicted octanol–water partition coefficient (Wildman–Crippen LogP) is 6.10. The van der Waals surface area contributed by atoms with Gasteiger partial charge in [0.1, 0.15) is 31.3 Å². The molecule has 0 aromatic heterocycles. The van der Waals surface area contributed by atoms with Crippen LogP contribution < -0.4 is 9.47 Å². The molecule has 0 bridgehead atoms. The van der Waals surface area contributed by atoms with E-state index in [4.69, 9.17) is 50.1 Å². The van der Waals surface area contributed by atoms with Crippen molar-refractivity contribution >= 4 is 34.6 Å². The van der Waals surface area contributed by atoms with Crippen molar-refractivity contribution in [1.29, 1.82) is 0 Å². The van der Waals surface area contributed by atoms with E-state index in [1.54, 1.807) is 65.8 Å². The van der Waals surface area contributed by atoms with E-state index in [-0.39, 0.29) is 33.9 Å². The maximum absolute atomic E-state index is 11.2. The molecule has 4 rings (SSSR count). The van der Waals surface area contributed by atoms with Gasteiger partial charge in [-0.15, -0.1) is 0 Å². The van der Waals surface area contributed by atoms with Crippen LogP contribution in [0.5, 0.6) is 11.5 Å². The maximum atomic E-state index is 11.2. The molecule has 0 saturated heterocycles. The zero-order valence-electron chi connectivity index (χ0n) is 26.3. The Morgan fingerprint density at radius 3 is 1.46 bits per heavy atom. The molecule has 0 radical (unpaired) electrons. The predicted molar refractivity (Wildman–Crippen MR) is 175 cm³/mol. The van der Waals surface area contributed by atoms with Crippen LogP contribution in [0.1, 0.15) is 60.1 Å². The number of allylic oxidation sites excluding steroid dienone is 1. The van der Waals surface area contributed by atoms with E-state index in [2.05, 4.69) is 23.5 Å². The Hall–Kier alpha value is -4.55. The lowest BCUT2D eigenvalue weighted by Crippen LogP contribution is -2.22. The van der Waals surface area contributed by atoms with Crippen molar-refractivity contribution in [3.63, 3.8) is 0 Å². The van der Waals surface area contributed by atoms with Crippen molar-refractivity contribution in [3.8, 4) is 11.5 Å². The summed E-state index contributed by atoms with van der Waals surface area (Å²) in [7, 11) is 0. The van der Waals surface area contributed by atoms with Gasteiger partial charge in [0.25, 0.3) is 23.4 Å². The van der Waals surface area contributed by atoms with E-state index in [0.29, 0.717) is 34.4 Å². The van der Waals surface area contributed by atoms with Gasteiger partial charge >= 0.3 is 5.97 Å². The fourth-order valence-electron chi connectivity index (χ4n) is 3.03. The average Bonchev–Trinajstić information content (AvgIpc) is 3.55. The Labute approximate surface area is 275 Å². The number of hydrogen-bond donors (Lipinski definition) is 1. The maximum Gasteiger partial charge on any atom is 0.333 e. The van der Waals surface area contributed by atoms with Crippen molar-refractivity contribution in [3.05, 3.63) is 84.0 Å². The lowest BCUT2D eigenvalue weighted by Gasteiger charge is -2.14. The Bertz CT molecular complexity index is 1370. The number of halogens is 1. The molecule has 12 nitrogen and oxygen atoms in total. The third kappa shape index (κ3) is 14.0. The number of ether oxygens (including phenoxy) is 5. The van der Waals surface area contributed by atoms with Gasteiger partial charge in [-0.1, -0.05) is 20.6 Å². The van der Waals surface area contributed by atoms with Crippen LogP contribution >= 0.6 is 11.6 Å². The second-order valence-corrected chi connectivity index (χ2v) is 10.8. The monoisotopic (exact) mass is 662 g/mol. The van der Waals surface area contributed by atoms with Gasteiger partial charge < -0.3 is 38.5 Å². The van der Waals surface area contributed by atoms with Crippen LogP contribution in [0.3, 0.4) is 0 Å². The van der Waals surface area contributed by atoms with Gasteiger partial charge in [0.05, 0.1) is 6.61 Å². The summed E-state index contributed by atoms with van der Waals surface area (Å²) in [5.41, 5.74) is 2.38. The molecule has 1 N–H and O–H groups in total. The molecule has 0 amide bonds. The molecular formula is C33H43ClN2O10. The summed E-state index contributed by atoms with van der Waals surface area (Å²) in [6.45, 7) is 17.8. The zero-order valence-corrected chi connectivity index (χ0v) is 27.0. The standard InChI is InChI=1S/C16H19NO5.C12H15NO4.C4H5ClO.CH4/c1-11(2)15(18)20-10-9-19-13-7-5-12(6-8-13)14-17-22-16(3,4)21-14;1-12(2)16-11(13-17-12)9-3-5-10(6-4-9)15-8-7-14;1-3(2)4(5)6;/h5-8H,1,9-10H2,2-4H3;3-6,14H,7-8H2,1-2H3;1H2,2H3;1H4. The third-order valence-corrected chi connectivity index (χ3v) is 5.54. The SMILES string of the molecule is C.C=C(C)C(=O)Cl.C=C(C)C(=O)OCCOc1ccc(C2=NOC(C)(C)O2)cc1.CC1(C)ON=C(c2ccc(OCCO)cc2)O1. The number of aliphatic hydroxyl groups is 1. The summed E-state index contributed by atoms with van der Waals surface area (Å²) in [5.74, 6) is 0.392. The molecule has 2 aliphatic heterocycles. The number of nitrogens with zero attached hydrogens (tertiary/aromatic N) is 2. The number of esters is 1. The molecule has 0 fully saturated rings. The smallest absolute Gasteiger partial charge is 0.333 e. The van der Waals surface area contributed by atoms with Crippen molar-refractivity contribution in [2.75, 3.05) is 26.4 Å². The van der Waals surface area contributed by atoms with Gasteiger partial charge in [0, 0.05) is 50.0 Å².